The van der Waals surface area contributed by atoms with E-state index in [0.29, 0.717) is 0 Å². The Hall–Kier alpha value is -3.52. The second-order valence-corrected chi connectivity index (χ2v) is 7.78. The van der Waals surface area contributed by atoms with Crippen molar-refractivity contribution in [2.75, 3.05) is 6.79 Å². The normalized spacial score (nSPS) is 12.2. The maximum atomic E-state index is 6.09. The van der Waals surface area contributed by atoms with Crippen LogP contribution in [0, 0.1) is 0 Å². The highest BCUT2D eigenvalue weighted by Crippen LogP contribution is 2.48. The Morgan fingerprint density at radius 1 is 0.548 bits per heavy atom. The summed E-state index contributed by atoms with van der Waals surface area (Å²) in [5.41, 5.74) is 9.91. The highest BCUT2D eigenvalue weighted by Gasteiger charge is 2.26. The molecule has 1 aliphatic rings. The van der Waals surface area contributed by atoms with Crippen molar-refractivity contribution in [1.29, 1.82) is 0 Å². The summed E-state index contributed by atoms with van der Waals surface area (Å²) in [7, 11) is 0. The smallest absolute Gasteiger partial charge is 0.230 e. The molecule has 1 aliphatic heterocycles. The molecule has 2 heteroatoms. The zero-order chi connectivity index (χ0) is 21.2. The fourth-order valence-electron chi connectivity index (χ4n) is 4.71. The van der Waals surface area contributed by atoms with E-state index in [1.807, 2.05) is 0 Å². The fraction of sp³-hybridized carbons (Fsp3) is 0.172. The van der Waals surface area contributed by atoms with Crippen molar-refractivity contribution in [3.05, 3.63) is 96.1 Å². The van der Waals surface area contributed by atoms with E-state index in [9.17, 15) is 0 Å². The lowest BCUT2D eigenvalue weighted by atomic mass is 9.84. The molecule has 0 atom stereocenters. The highest BCUT2D eigenvalue weighted by atomic mass is 16.7. The van der Waals surface area contributed by atoms with Crippen LogP contribution in [0.4, 0.5) is 0 Å². The molecule has 0 fully saturated rings. The predicted octanol–water partition coefficient (Wildman–Crippen LogP) is 7.54. The Kier molecular flexibility index (Phi) is 5.21. The second-order valence-electron chi connectivity index (χ2n) is 7.78. The Morgan fingerprint density at radius 3 is 1.35 bits per heavy atom. The number of benzene rings is 4. The van der Waals surface area contributed by atoms with Gasteiger partial charge < -0.3 is 9.47 Å². The standard InChI is InChI=1S/C29H26O2/c1-3-22-24(20-11-7-5-8-12-20)15-17-26-28(22)29-23(4-2)25(21-13-9-6-10-14-21)16-18-27(29)31-19-30-26/h5-18H,3-4,19H2,1-2H3. The lowest BCUT2D eigenvalue weighted by molar-refractivity contribution is 0.124. The minimum atomic E-state index is 0.224. The van der Waals surface area contributed by atoms with Crippen LogP contribution in [0.15, 0.2) is 84.9 Å². The van der Waals surface area contributed by atoms with E-state index in [4.69, 9.17) is 9.47 Å². The van der Waals surface area contributed by atoms with Crippen molar-refractivity contribution in [3.8, 4) is 44.9 Å². The van der Waals surface area contributed by atoms with Crippen LogP contribution >= 0.6 is 0 Å². The topological polar surface area (TPSA) is 18.5 Å². The van der Waals surface area contributed by atoms with Gasteiger partial charge in [0.15, 0.2) is 0 Å². The fourth-order valence-corrected chi connectivity index (χ4v) is 4.71. The SMILES string of the molecule is CCc1c(-c2ccccc2)ccc2c1-c1c(ccc(-c3ccccc3)c1CC)OCO2. The highest BCUT2D eigenvalue weighted by molar-refractivity contribution is 5.91. The molecule has 0 spiro atoms. The third-order valence-corrected chi connectivity index (χ3v) is 6.10. The van der Waals surface area contributed by atoms with Gasteiger partial charge in [0.25, 0.3) is 0 Å². The molecule has 0 saturated carbocycles. The largest absolute Gasteiger partial charge is 0.457 e. The van der Waals surface area contributed by atoms with Gasteiger partial charge in [0.05, 0.1) is 0 Å². The monoisotopic (exact) mass is 406 g/mol. The molecule has 5 rings (SSSR count). The summed E-state index contributed by atoms with van der Waals surface area (Å²) < 4.78 is 12.2. The van der Waals surface area contributed by atoms with Crippen molar-refractivity contribution in [3.63, 3.8) is 0 Å². The Bertz CT molecular complexity index is 1110. The molecule has 0 aliphatic carbocycles. The predicted molar refractivity (Wildman–Crippen MR) is 128 cm³/mol. The molecule has 0 N–H and O–H groups in total. The van der Waals surface area contributed by atoms with Crippen LogP contribution in [0.5, 0.6) is 11.5 Å². The van der Waals surface area contributed by atoms with Gasteiger partial charge >= 0.3 is 0 Å². The van der Waals surface area contributed by atoms with Crippen molar-refractivity contribution < 1.29 is 9.47 Å². The zero-order valence-corrected chi connectivity index (χ0v) is 18.0. The third kappa shape index (κ3) is 3.38. The summed E-state index contributed by atoms with van der Waals surface area (Å²) in [5, 5.41) is 0. The van der Waals surface area contributed by atoms with Crippen LogP contribution in [-0.2, 0) is 12.8 Å². The molecule has 4 aromatic carbocycles. The number of hydrogen-bond donors (Lipinski definition) is 0. The van der Waals surface area contributed by atoms with E-state index in [1.165, 1.54) is 44.5 Å². The average molecular weight is 407 g/mol. The Morgan fingerprint density at radius 2 is 0.968 bits per heavy atom. The van der Waals surface area contributed by atoms with Crippen LogP contribution < -0.4 is 9.47 Å². The molecule has 0 bridgehead atoms. The minimum absolute atomic E-state index is 0.224. The lowest BCUT2D eigenvalue weighted by Gasteiger charge is -2.21. The maximum Gasteiger partial charge on any atom is 0.230 e. The van der Waals surface area contributed by atoms with Gasteiger partial charge in [0.1, 0.15) is 11.5 Å². The van der Waals surface area contributed by atoms with Gasteiger partial charge in [-0.15, -0.1) is 0 Å². The molecule has 0 unspecified atom stereocenters. The molecule has 0 amide bonds. The van der Waals surface area contributed by atoms with Crippen molar-refractivity contribution >= 4 is 0 Å². The molecule has 154 valence electrons. The number of ether oxygens (including phenoxy) is 2. The maximum absolute atomic E-state index is 6.09. The summed E-state index contributed by atoms with van der Waals surface area (Å²) in [4.78, 5) is 0. The molecule has 31 heavy (non-hydrogen) atoms. The van der Waals surface area contributed by atoms with Crippen molar-refractivity contribution in [1.82, 2.24) is 0 Å². The Labute approximate surface area is 184 Å². The van der Waals surface area contributed by atoms with E-state index >= 15 is 0 Å². The molecular weight excluding hydrogens is 380 g/mol. The Balaban J connectivity index is 1.83. The molecule has 1 heterocycles. The van der Waals surface area contributed by atoms with Gasteiger partial charge in [-0.3, -0.25) is 0 Å². The lowest BCUT2D eigenvalue weighted by Crippen LogP contribution is -2.03. The number of fused-ring (bicyclic) bond motifs is 3. The van der Waals surface area contributed by atoms with Gasteiger partial charge in [0.2, 0.25) is 6.79 Å². The van der Waals surface area contributed by atoms with Gasteiger partial charge in [-0.2, -0.15) is 0 Å². The first-order valence-electron chi connectivity index (χ1n) is 11.0. The molecule has 4 aromatic rings. The van der Waals surface area contributed by atoms with Crippen LogP contribution in [0.2, 0.25) is 0 Å². The van der Waals surface area contributed by atoms with Gasteiger partial charge in [0, 0.05) is 11.1 Å². The third-order valence-electron chi connectivity index (χ3n) is 6.10. The van der Waals surface area contributed by atoms with Gasteiger partial charge in [-0.1, -0.05) is 86.6 Å². The van der Waals surface area contributed by atoms with E-state index < -0.39 is 0 Å². The number of rotatable bonds is 4. The molecule has 0 radical (unpaired) electrons. The molecular formula is C29H26O2. The summed E-state index contributed by atoms with van der Waals surface area (Å²) in [6.07, 6.45) is 1.82. The summed E-state index contributed by atoms with van der Waals surface area (Å²) >= 11 is 0. The second kappa shape index (κ2) is 8.31. The first-order valence-corrected chi connectivity index (χ1v) is 11.0. The molecule has 0 aromatic heterocycles. The first-order chi connectivity index (χ1) is 15.3. The van der Waals surface area contributed by atoms with E-state index in [2.05, 4.69) is 98.8 Å². The van der Waals surface area contributed by atoms with Crippen LogP contribution in [0.25, 0.3) is 33.4 Å². The van der Waals surface area contributed by atoms with Crippen LogP contribution in [0.3, 0.4) is 0 Å². The average Bonchev–Trinajstić information content (AvgIpc) is 3.03. The first kappa shape index (κ1) is 19.4. The number of hydrogen-bond acceptors (Lipinski definition) is 2. The van der Waals surface area contributed by atoms with E-state index in [1.54, 1.807) is 0 Å². The van der Waals surface area contributed by atoms with Crippen molar-refractivity contribution in [2.24, 2.45) is 0 Å². The molecule has 0 saturated heterocycles. The summed E-state index contributed by atoms with van der Waals surface area (Å²) in [6.45, 7) is 4.67. The van der Waals surface area contributed by atoms with Crippen LogP contribution in [-0.4, -0.2) is 6.79 Å². The van der Waals surface area contributed by atoms with Gasteiger partial charge in [-0.05, 0) is 58.4 Å². The van der Waals surface area contributed by atoms with E-state index in [0.717, 1.165) is 24.3 Å². The summed E-state index contributed by atoms with van der Waals surface area (Å²) in [6, 6.07) is 29.8. The van der Waals surface area contributed by atoms with Gasteiger partial charge in [-0.25, -0.2) is 0 Å². The minimum Gasteiger partial charge on any atom is -0.457 e. The zero-order valence-electron chi connectivity index (χ0n) is 18.0. The van der Waals surface area contributed by atoms with Crippen LogP contribution in [0.1, 0.15) is 25.0 Å². The quantitative estimate of drug-likeness (QED) is 0.348. The van der Waals surface area contributed by atoms with Crippen molar-refractivity contribution in [2.45, 2.75) is 26.7 Å². The summed E-state index contributed by atoms with van der Waals surface area (Å²) in [5.74, 6) is 1.80. The molecule has 2 nitrogen and oxygen atoms in total. The van der Waals surface area contributed by atoms with E-state index in [-0.39, 0.29) is 6.79 Å².